The number of hydrogen-bond acceptors (Lipinski definition) is 6. The van der Waals surface area contributed by atoms with Crippen LogP contribution in [0.3, 0.4) is 0 Å². The predicted octanol–water partition coefficient (Wildman–Crippen LogP) is 3.41. The summed E-state index contributed by atoms with van der Waals surface area (Å²) in [4.78, 5) is 34.8. The zero-order chi connectivity index (χ0) is 19.5. The average molecular weight is 393 g/mol. The Kier molecular flexibility index (Phi) is 5.12. The van der Waals surface area contributed by atoms with Crippen LogP contribution in [0.25, 0.3) is 10.9 Å². The average Bonchev–Trinajstić information content (AvgIpc) is 3.14. The summed E-state index contributed by atoms with van der Waals surface area (Å²) >= 11 is 1.25. The molecule has 0 radical (unpaired) electrons. The molecule has 1 aliphatic rings. The highest BCUT2D eigenvalue weighted by molar-refractivity contribution is 8.00. The highest BCUT2D eigenvalue weighted by atomic mass is 32.2. The molecule has 1 saturated heterocycles. The first-order valence-electron chi connectivity index (χ1n) is 8.96. The number of thioether (sulfide) groups is 1. The van der Waals surface area contributed by atoms with Crippen molar-refractivity contribution >= 4 is 46.1 Å². The Hall–Kier alpha value is -3.13. The van der Waals surface area contributed by atoms with Crippen molar-refractivity contribution in [3.63, 3.8) is 0 Å². The lowest BCUT2D eigenvalue weighted by Crippen LogP contribution is -2.39. The summed E-state index contributed by atoms with van der Waals surface area (Å²) in [6.07, 6.45) is 0. The fraction of sp³-hybridized carbons (Fsp3) is 0.200. The van der Waals surface area contributed by atoms with E-state index in [0.29, 0.717) is 24.1 Å². The molecule has 7 nitrogen and oxygen atoms in total. The molecule has 0 saturated carbocycles. The number of anilines is 2. The molecule has 8 heteroatoms. The molecule has 2 aromatic carbocycles. The number of benzene rings is 2. The largest absolute Gasteiger partial charge is 0.340 e. The minimum absolute atomic E-state index is 0.241. The van der Waals surface area contributed by atoms with E-state index in [4.69, 9.17) is 0 Å². The zero-order valence-corrected chi connectivity index (χ0v) is 16.1. The second-order valence-electron chi connectivity index (χ2n) is 6.34. The Balaban J connectivity index is 1.62. The van der Waals surface area contributed by atoms with Crippen LogP contribution >= 0.6 is 11.8 Å². The number of imide groups is 1. The molecule has 3 amide bonds. The lowest BCUT2D eigenvalue weighted by molar-refractivity contribution is -0.126. The Bertz CT molecular complexity index is 1030. The van der Waals surface area contributed by atoms with Crippen molar-refractivity contribution in [2.45, 2.75) is 17.3 Å². The van der Waals surface area contributed by atoms with E-state index >= 15 is 0 Å². The highest BCUT2D eigenvalue weighted by Gasteiger charge is 2.30. The van der Waals surface area contributed by atoms with Gasteiger partial charge in [0.15, 0.2) is 5.16 Å². The van der Waals surface area contributed by atoms with Crippen molar-refractivity contribution in [1.82, 2.24) is 20.2 Å². The van der Waals surface area contributed by atoms with Gasteiger partial charge in [-0.2, -0.15) is 0 Å². The molecule has 28 heavy (non-hydrogen) atoms. The number of hydrogen-bond donors (Lipinski definition) is 2. The van der Waals surface area contributed by atoms with Crippen LogP contribution in [0.4, 0.5) is 16.3 Å². The molecular weight excluding hydrogens is 374 g/mol. The Morgan fingerprint density at radius 3 is 2.64 bits per heavy atom. The number of fused-ring (bicyclic) bond motifs is 1. The summed E-state index contributed by atoms with van der Waals surface area (Å²) < 4.78 is 0. The van der Waals surface area contributed by atoms with Crippen LogP contribution in [-0.2, 0) is 4.79 Å². The number of urea groups is 1. The number of nitrogens with zero attached hydrogens (tertiary/aromatic N) is 3. The number of carbonyl (C=O) groups is 2. The summed E-state index contributed by atoms with van der Waals surface area (Å²) in [6, 6.07) is 17.1. The van der Waals surface area contributed by atoms with Crippen LogP contribution in [0.2, 0.25) is 0 Å². The van der Waals surface area contributed by atoms with E-state index in [2.05, 4.69) is 20.6 Å². The SMILES string of the molecule is C[C@@H](Sc1nc(Nc2ccccc2)c2ccccc2n1)C(=O)N1CCNC1=O. The first kappa shape index (κ1) is 18.2. The van der Waals surface area contributed by atoms with Gasteiger partial charge in [-0.1, -0.05) is 42.1 Å². The van der Waals surface area contributed by atoms with Crippen molar-refractivity contribution in [1.29, 1.82) is 0 Å². The smallest absolute Gasteiger partial charge is 0.324 e. The Morgan fingerprint density at radius 2 is 1.89 bits per heavy atom. The Labute approximate surface area is 166 Å². The molecule has 3 aromatic rings. The molecule has 142 valence electrons. The zero-order valence-electron chi connectivity index (χ0n) is 15.3. The van der Waals surface area contributed by atoms with Crippen molar-refractivity contribution in [2.75, 3.05) is 18.4 Å². The van der Waals surface area contributed by atoms with Gasteiger partial charge in [0, 0.05) is 24.2 Å². The van der Waals surface area contributed by atoms with Crippen LogP contribution in [-0.4, -0.2) is 45.1 Å². The molecule has 4 rings (SSSR count). The van der Waals surface area contributed by atoms with Gasteiger partial charge < -0.3 is 10.6 Å². The monoisotopic (exact) mass is 393 g/mol. The fourth-order valence-corrected chi connectivity index (χ4v) is 3.81. The fourth-order valence-electron chi connectivity index (χ4n) is 2.97. The molecule has 1 fully saturated rings. The van der Waals surface area contributed by atoms with Gasteiger partial charge in [-0.3, -0.25) is 9.69 Å². The third kappa shape index (κ3) is 3.77. The summed E-state index contributed by atoms with van der Waals surface area (Å²) in [5.41, 5.74) is 1.71. The minimum Gasteiger partial charge on any atom is -0.340 e. The van der Waals surface area contributed by atoms with Gasteiger partial charge in [0.25, 0.3) is 0 Å². The molecule has 0 bridgehead atoms. The minimum atomic E-state index is -0.477. The van der Waals surface area contributed by atoms with Crippen molar-refractivity contribution < 1.29 is 9.59 Å². The van der Waals surface area contributed by atoms with Crippen molar-refractivity contribution in [3.05, 3.63) is 54.6 Å². The highest BCUT2D eigenvalue weighted by Crippen LogP contribution is 2.29. The Morgan fingerprint density at radius 1 is 1.14 bits per heavy atom. The first-order chi connectivity index (χ1) is 13.6. The van der Waals surface area contributed by atoms with E-state index in [0.717, 1.165) is 16.6 Å². The van der Waals surface area contributed by atoms with Gasteiger partial charge >= 0.3 is 6.03 Å². The van der Waals surface area contributed by atoms with E-state index < -0.39 is 5.25 Å². The lowest BCUT2D eigenvalue weighted by Gasteiger charge is -2.17. The molecule has 1 aliphatic heterocycles. The van der Waals surface area contributed by atoms with E-state index in [1.54, 1.807) is 6.92 Å². The molecule has 0 unspecified atom stereocenters. The summed E-state index contributed by atoms with van der Waals surface area (Å²) in [5, 5.41) is 6.88. The predicted molar refractivity (Wildman–Crippen MR) is 110 cm³/mol. The summed E-state index contributed by atoms with van der Waals surface area (Å²) in [6.45, 7) is 2.64. The van der Waals surface area contributed by atoms with E-state index in [1.807, 2.05) is 54.6 Å². The molecule has 0 spiro atoms. The van der Waals surface area contributed by atoms with Crippen LogP contribution in [0.1, 0.15) is 6.92 Å². The quantitative estimate of drug-likeness (QED) is 0.510. The molecular formula is C20H19N5O2S. The van der Waals surface area contributed by atoms with Gasteiger partial charge in [-0.25, -0.2) is 14.8 Å². The molecule has 1 atom stereocenters. The summed E-state index contributed by atoms with van der Waals surface area (Å²) in [5.74, 6) is 0.437. The third-order valence-electron chi connectivity index (χ3n) is 4.37. The number of para-hydroxylation sites is 2. The number of nitrogens with one attached hydrogen (secondary N) is 2. The third-order valence-corrected chi connectivity index (χ3v) is 5.32. The molecule has 1 aromatic heterocycles. The normalized spacial score (nSPS) is 14.8. The van der Waals surface area contributed by atoms with E-state index in [9.17, 15) is 9.59 Å². The number of carbonyl (C=O) groups excluding carboxylic acids is 2. The van der Waals surface area contributed by atoms with Crippen LogP contribution < -0.4 is 10.6 Å². The van der Waals surface area contributed by atoms with Crippen molar-refractivity contribution in [2.24, 2.45) is 0 Å². The second kappa shape index (κ2) is 7.85. The maximum Gasteiger partial charge on any atom is 0.324 e. The van der Waals surface area contributed by atoms with Gasteiger partial charge in [-0.15, -0.1) is 0 Å². The van der Waals surface area contributed by atoms with Crippen LogP contribution in [0.15, 0.2) is 59.8 Å². The molecule has 0 aliphatic carbocycles. The van der Waals surface area contributed by atoms with Gasteiger partial charge in [0.1, 0.15) is 5.82 Å². The van der Waals surface area contributed by atoms with Gasteiger partial charge in [-0.05, 0) is 31.2 Å². The summed E-state index contributed by atoms with van der Waals surface area (Å²) in [7, 11) is 0. The van der Waals surface area contributed by atoms with Crippen LogP contribution in [0.5, 0.6) is 0 Å². The number of aromatic nitrogens is 2. The standard InChI is InChI=1S/C20H19N5O2S/c1-13(18(26)25-12-11-21-20(25)27)28-19-23-16-10-6-5-9-15(16)17(24-19)22-14-7-3-2-4-8-14/h2-10,13H,11-12H2,1H3,(H,21,27)(H,22,23,24)/t13-/m1/s1. The van der Waals surface area contributed by atoms with E-state index in [1.165, 1.54) is 16.7 Å². The van der Waals surface area contributed by atoms with Gasteiger partial charge in [0.2, 0.25) is 5.91 Å². The maximum atomic E-state index is 12.6. The molecule has 2 N–H and O–H groups in total. The van der Waals surface area contributed by atoms with Crippen molar-refractivity contribution in [3.8, 4) is 0 Å². The number of rotatable bonds is 5. The van der Waals surface area contributed by atoms with Gasteiger partial charge in [0.05, 0.1) is 10.8 Å². The topological polar surface area (TPSA) is 87.2 Å². The second-order valence-corrected chi connectivity index (χ2v) is 7.65. The maximum absolute atomic E-state index is 12.6. The first-order valence-corrected chi connectivity index (χ1v) is 9.84. The molecule has 2 heterocycles. The van der Waals surface area contributed by atoms with Crippen LogP contribution in [0, 0.1) is 0 Å². The number of amides is 3. The lowest BCUT2D eigenvalue weighted by atomic mass is 10.2. The van der Waals surface area contributed by atoms with E-state index in [-0.39, 0.29) is 11.9 Å².